The Bertz CT molecular complexity index is 1510. The number of pyridine rings is 2. The van der Waals surface area contributed by atoms with Crippen LogP contribution < -0.4 is 15.6 Å². The lowest BCUT2D eigenvalue weighted by Crippen LogP contribution is -2.08. The number of methoxy groups -OCH3 is 1. The van der Waals surface area contributed by atoms with E-state index in [0.717, 1.165) is 11.1 Å². The second kappa shape index (κ2) is 5.45. The maximum absolute atomic E-state index is 13.0. The Kier molecular flexibility index (Phi) is 3.15. The van der Waals surface area contributed by atoms with Gasteiger partial charge in [-0.25, -0.2) is 0 Å². The van der Waals surface area contributed by atoms with Crippen LogP contribution in [0.2, 0.25) is 0 Å². The molecule has 0 fully saturated rings. The molecule has 5 heteroatoms. The van der Waals surface area contributed by atoms with Crippen molar-refractivity contribution < 1.29 is 4.74 Å². The van der Waals surface area contributed by atoms with Gasteiger partial charge in [0.05, 0.1) is 23.7 Å². The van der Waals surface area contributed by atoms with Gasteiger partial charge in [-0.3, -0.25) is 9.59 Å². The molecule has 0 amide bonds. The van der Waals surface area contributed by atoms with E-state index in [9.17, 15) is 9.59 Å². The Hall–Kier alpha value is -3.60. The van der Waals surface area contributed by atoms with Crippen LogP contribution in [-0.4, -0.2) is 17.1 Å². The van der Waals surface area contributed by atoms with E-state index in [-0.39, 0.29) is 10.9 Å². The first-order chi connectivity index (χ1) is 13.0. The zero-order chi connectivity index (χ0) is 18.7. The first-order valence-electron chi connectivity index (χ1n) is 8.65. The van der Waals surface area contributed by atoms with Crippen molar-refractivity contribution in [2.75, 3.05) is 7.11 Å². The number of nitrogens with one attached hydrogen (secondary N) is 2. The predicted octanol–water partition coefficient (Wildman–Crippen LogP) is 3.99. The van der Waals surface area contributed by atoms with Crippen LogP contribution >= 0.6 is 0 Å². The number of rotatable bonds is 1. The Morgan fingerprint density at radius 3 is 1.78 bits per heavy atom. The minimum Gasteiger partial charge on any atom is -0.497 e. The SMILES string of the molecule is COc1ccc2[nH]c3cc4c(=O)c5cc(C)ccc5[nH]c4cc3c(=O)c2c1. The molecule has 0 spiro atoms. The van der Waals surface area contributed by atoms with E-state index >= 15 is 0 Å². The molecule has 0 bridgehead atoms. The zero-order valence-electron chi connectivity index (χ0n) is 14.8. The molecule has 2 N–H and O–H groups in total. The van der Waals surface area contributed by atoms with Crippen molar-refractivity contribution in [3.05, 3.63) is 74.5 Å². The van der Waals surface area contributed by atoms with E-state index in [0.29, 0.717) is 43.8 Å². The number of H-pyrrole nitrogens is 2. The molecule has 5 rings (SSSR count). The second-order valence-electron chi connectivity index (χ2n) is 6.81. The van der Waals surface area contributed by atoms with Crippen LogP contribution in [0.25, 0.3) is 43.6 Å². The maximum atomic E-state index is 13.0. The summed E-state index contributed by atoms with van der Waals surface area (Å²) in [4.78, 5) is 32.6. The van der Waals surface area contributed by atoms with Crippen molar-refractivity contribution in [2.45, 2.75) is 6.92 Å². The molecule has 0 atom stereocenters. The fourth-order valence-corrected chi connectivity index (χ4v) is 3.66. The van der Waals surface area contributed by atoms with Gasteiger partial charge in [-0.2, -0.15) is 0 Å². The molecule has 0 aliphatic rings. The molecule has 27 heavy (non-hydrogen) atoms. The number of hydrogen-bond donors (Lipinski definition) is 2. The summed E-state index contributed by atoms with van der Waals surface area (Å²) >= 11 is 0. The largest absolute Gasteiger partial charge is 0.497 e. The summed E-state index contributed by atoms with van der Waals surface area (Å²) in [6.07, 6.45) is 0. The molecule has 0 radical (unpaired) electrons. The molecular formula is C22H16N2O3. The van der Waals surface area contributed by atoms with Gasteiger partial charge >= 0.3 is 0 Å². The third kappa shape index (κ3) is 2.25. The van der Waals surface area contributed by atoms with E-state index < -0.39 is 0 Å². The van der Waals surface area contributed by atoms with Gasteiger partial charge in [0.1, 0.15) is 5.75 Å². The third-order valence-corrected chi connectivity index (χ3v) is 5.08. The molecule has 0 unspecified atom stereocenters. The van der Waals surface area contributed by atoms with Crippen LogP contribution in [0.1, 0.15) is 5.56 Å². The summed E-state index contributed by atoms with van der Waals surface area (Å²) in [6, 6.07) is 14.6. The van der Waals surface area contributed by atoms with Crippen LogP contribution in [0.3, 0.4) is 0 Å². The number of aryl methyl sites for hydroxylation is 1. The van der Waals surface area contributed by atoms with Gasteiger partial charge < -0.3 is 14.7 Å². The lowest BCUT2D eigenvalue weighted by molar-refractivity contribution is 0.415. The molecule has 2 aromatic heterocycles. The number of hydrogen-bond acceptors (Lipinski definition) is 3. The highest BCUT2D eigenvalue weighted by Crippen LogP contribution is 2.23. The van der Waals surface area contributed by atoms with E-state index in [2.05, 4.69) is 9.97 Å². The van der Waals surface area contributed by atoms with Crippen molar-refractivity contribution in [3.63, 3.8) is 0 Å². The fraction of sp³-hybridized carbons (Fsp3) is 0.0909. The molecule has 132 valence electrons. The summed E-state index contributed by atoms with van der Waals surface area (Å²) < 4.78 is 5.23. The summed E-state index contributed by atoms with van der Waals surface area (Å²) in [6.45, 7) is 1.96. The molecule has 2 heterocycles. The second-order valence-corrected chi connectivity index (χ2v) is 6.81. The topological polar surface area (TPSA) is 75.0 Å². The van der Waals surface area contributed by atoms with Crippen LogP contribution in [0.5, 0.6) is 5.75 Å². The minimum atomic E-state index is -0.0931. The van der Waals surface area contributed by atoms with Crippen molar-refractivity contribution in [3.8, 4) is 5.75 Å². The van der Waals surface area contributed by atoms with Gasteiger partial charge in [0.2, 0.25) is 0 Å². The van der Waals surface area contributed by atoms with E-state index in [4.69, 9.17) is 4.74 Å². The summed E-state index contributed by atoms with van der Waals surface area (Å²) in [5, 5.41) is 2.30. The first-order valence-corrected chi connectivity index (χ1v) is 8.65. The Morgan fingerprint density at radius 1 is 0.667 bits per heavy atom. The number of fused-ring (bicyclic) bond motifs is 4. The highest BCUT2D eigenvalue weighted by atomic mass is 16.5. The monoisotopic (exact) mass is 356 g/mol. The number of aromatic amines is 2. The van der Waals surface area contributed by atoms with Crippen molar-refractivity contribution in [1.29, 1.82) is 0 Å². The molecule has 3 aromatic carbocycles. The average molecular weight is 356 g/mol. The van der Waals surface area contributed by atoms with Crippen LogP contribution in [-0.2, 0) is 0 Å². The van der Waals surface area contributed by atoms with Crippen molar-refractivity contribution >= 4 is 43.6 Å². The van der Waals surface area contributed by atoms with E-state index in [1.54, 1.807) is 31.4 Å². The van der Waals surface area contributed by atoms with Crippen LogP contribution in [0.15, 0.2) is 58.1 Å². The lowest BCUT2D eigenvalue weighted by Gasteiger charge is -2.08. The summed E-state index contributed by atoms with van der Waals surface area (Å²) in [5.41, 5.74) is 3.65. The summed E-state index contributed by atoms with van der Waals surface area (Å²) in [5.74, 6) is 0.628. The third-order valence-electron chi connectivity index (χ3n) is 5.08. The van der Waals surface area contributed by atoms with Gasteiger partial charge in [0.25, 0.3) is 0 Å². The fourth-order valence-electron chi connectivity index (χ4n) is 3.66. The van der Waals surface area contributed by atoms with Gasteiger partial charge in [-0.15, -0.1) is 0 Å². The Morgan fingerprint density at radius 2 is 1.19 bits per heavy atom. The Labute approximate surface area is 153 Å². The quantitative estimate of drug-likeness (QED) is 0.446. The molecule has 5 aromatic rings. The Balaban J connectivity index is 1.96. The molecule has 0 saturated carbocycles. The molecule has 0 aliphatic carbocycles. The summed E-state index contributed by atoms with van der Waals surface area (Å²) in [7, 11) is 1.57. The first kappa shape index (κ1) is 15.6. The number of aromatic nitrogens is 2. The van der Waals surface area contributed by atoms with Gasteiger partial charge in [0.15, 0.2) is 10.9 Å². The predicted molar refractivity (Wildman–Crippen MR) is 109 cm³/mol. The van der Waals surface area contributed by atoms with Gasteiger partial charge in [-0.05, 0) is 49.4 Å². The van der Waals surface area contributed by atoms with Crippen LogP contribution in [0.4, 0.5) is 0 Å². The van der Waals surface area contributed by atoms with E-state index in [1.165, 1.54) is 0 Å². The molecule has 0 aliphatic heterocycles. The van der Waals surface area contributed by atoms with Crippen molar-refractivity contribution in [2.24, 2.45) is 0 Å². The average Bonchev–Trinajstić information content (AvgIpc) is 2.68. The lowest BCUT2D eigenvalue weighted by atomic mass is 10.0. The minimum absolute atomic E-state index is 0.0416. The number of benzene rings is 3. The van der Waals surface area contributed by atoms with E-state index in [1.807, 2.05) is 31.2 Å². The molecule has 5 nitrogen and oxygen atoms in total. The van der Waals surface area contributed by atoms with Gasteiger partial charge in [0, 0.05) is 27.1 Å². The maximum Gasteiger partial charge on any atom is 0.197 e. The zero-order valence-corrected chi connectivity index (χ0v) is 14.8. The molecular weight excluding hydrogens is 340 g/mol. The van der Waals surface area contributed by atoms with Crippen molar-refractivity contribution in [1.82, 2.24) is 9.97 Å². The smallest absolute Gasteiger partial charge is 0.197 e. The van der Waals surface area contributed by atoms with Crippen LogP contribution in [0, 0.1) is 6.92 Å². The number of ether oxygens (including phenoxy) is 1. The van der Waals surface area contributed by atoms with Gasteiger partial charge in [-0.1, -0.05) is 11.6 Å². The normalized spacial score (nSPS) is 11.6. The highest BCUT2D eigenvalue weighted by Gasteiger charge is 2.11. The standard InChI is InChI=1S/C22H16N2O3/c1-11-3-5-17-13(7-11)21(25)15-9-20-16(10-19(15)23-17)22(26)14-8-12(27-2)4-6-18(14)24-20/h3-10H,1-2H3,(H,23,25)(H,24,26). The highest BCUT2D eigenvalue weighted by molar-refractivity contribution is 6.02. The molecule has 0 saturated heterocycles.